The number of halogens is 2. The van der Waals surface area contributed by atoms with E-state index in [1.54, 1.807) is 0 Å². The Kier molecular flexibility index (Phi) is 3.53. The van der Waals surface area contributed by atoms with Crippen LogP contribution in [-0.4, -0.2) is 29.0 Å². The van der Waals surface area contributed by atoms with Crippen LogP contribution in [0.4, 0.5) is 8.78 Å². The van der Waals surface area contributed by atoms with Gasteiger partial charge in [0.05, 0.1) is 6.04 Å². The molecule has 0 amide bonds. The molecule has 2 rings (SSSR count). The lowest BCUT2D eigenvalue weighted by Crippen LogP contribution is -2.29. The number of hydrogen-bond acceptors (Lipinski definition) is 5. The molecule has 0 radical (unpaired) electrons. The van der Waals surface area contributed by atoms with Gasteiger partial charge in [-0.05, 0) is 19.1 Å². The van der Waals surface area contributed by atoms with Gasteiger partial charge in [0.15, 0.2) is 10.7 Å². The van der Waals surface area contributed by atoms with Gasteiger partial charge in [-0.1, -0.05) is 11.3 Å². The quantitative estimate of drug-likeness (QED) is 0.854. The van der Waals surface area contributed by atoms with Gasteiger partial charge in [-0.2, -0.15) is 5.21 Å². The van der Waals surface area contributed by atoms with Crippen LogP contribution in [0.3, 0.4) is 0 Å². The molecule has 19 heavy (non-hydrogen) atoms. The molecule has 7 nitrogen and oxygen atoms in total. The Bertz CT molecular complexity index is 654. The van der Waals surface area contributed by atoms with Gasteiger partial charge in [-0.3, -0.25) is 0 Å². The van der Waals surface area contributed by atoms with Gasteiger partial charge >= 0.3 is 0 Å². The second kappa shape index (κ2) is 4.97. The van der Waals surface area contributed by atoms with Crippen LogP contribution < -0.4 is 4.72 Å². The summed E-state index contributed by atoms with van der Waals surface area (Å²) in [5.74, 6) is -2.29. The normalized spacial score (nSPS) is 13.4. The Morgan fingerprint density at radius 3 is 2.47 bits per heavy atom. The Hall–Kier alpha value is -1.94. The first-order valence-corrected chi connectivity index (χ1v) is 6.60. The molecule has 0 saturated carbocycles. The van der Waals surface area contributed by atoms with E-state index in [2.05, 4.69) is 25.3 Å². The number of benzene rings is 1. The standard InChI is InChI=1S/C9H9F2N5O2S/c1-5(9-12-15-16-13-9)14-19(17,18)8-6(10)3-2-4-7(8)11/h2-5,14H,1H3,(H,12,13,15,16). The monoisotopic (exact) mass is 289 g/mol. The highest BCUT2D eigenvalue weighted by atomic mass is 32.2. The van der Waals surface area contributed by atoms with Crippen LogP contribution >= 0.6 is 0 Å². The van der Waals surface area contributed by atoms with Crippen molar-refractivity contribution in [1.29, 1.82) is 0 Å². The summed E-state index contributed by atoms with van der Waals surface area (Å²) in [4.78, 5) is -1.04. The Labute approximate surface area is 107 Å². The van der Waals surface area contributed by atoms with Crippen LogP contribution in [0, 0.1) is 11.6 Å². The fourth-order valence-electron chi connectivity index (χ4n) is 1.44. The molecule has 2 aromatic rings. The molecule has 1 aromatic carbocycles. The third kappa shape index (κ3) is 2.74. The number of H-pyrrole nitrogens is 1. The van der Waals surface area contributed by atoms with E-state index >= 15 is 0 Å². The summed E-state index contributed by atoms with van der Waals surface area (Å²) in [5, 5.41) is 12.6. The van der Waals surface area contributed by atoms with Gasteiger partial charge in [-0.15, -0.1) is 10.2 Å². The molecular weight excluding hydrogens is 280 g/mol. The zero-order chi connectivity index (χ0) is 14.0. The van der Waals surface area contributed by atoms with Gasteiger partial charge < -0.3 is 0 Å². The summed E-state index contributed by atoms with van der Waals surface area (Å²) in [6.07, 6.45) is 0. The molecule has 0 aliphatic carbocycles. The van der Waals surface area contributed by atoms with Crippen molar-refractivity contribution in [2.75, 3.05) is 0 Å². The average Bonchev–Trinajstić information content (AvgIpc) is 2.80. The number of rotatable bonds is 4. The van der Waals surface area contributed by atoms with E-state index in [0.717, 1.165) is 18.2 Å². The first-order valence-electron chi connectivity index (χ1n) is 5.11. The average molecular weight is 289 g/mol. The van der Waals surface area contributed by atoms with Gasteiger partial charge in [0, 0.05) is 0 Å². The van der Waals surface area contributed by atoms with Crippen LogP contribution in [0.2, 0.25) is 0 Å². The molecule has 0 bridgehead atoms. The fraction of sp³-hybridized carbons (Fsp3) is 0.222. The molecular formula is C9H9F2N5O2S. The van der Waals surface area contributed by atoms with Gasteiger partial charge in [0.25, 0.3) is 0 Å². The summed E-state index contributed by atoms with van der Waals surface area (Å²) < 4.78 is 52.7. The molecule has 2 N–H and O–H groups in total. The minimum Gasteiger partial charge on any atom is -0.207 e. The lowest BCUT2D eigenvalue weighted by atomic mass is 10.3. The van der Waals surface area contributed by atoms with E-state index < -0.39 is 32.6 Å². The maximum atomic E-state index is 13.4. The maximum absolute atomic E-state index is 13.4. The first-order chi connectivity index (χ1) is 8.92. The molecule has 10 heteroatoms. The fourth-order valence-corrected chi connectivity index (χ4v) is 2.77. The summed E-state index contributed by atoms with van der Waals surface area (Å²) in [5.41, 5.74) is 0. The topological polar surface area (TPSA) is 101 Å². The van der Waals surface area contributed by atoms with Crippen LogP contribution in [0.15, 0.2) is 23.1 Å². The van der Waals surface area contributed by atoms with Crippen LogP contribution in [-0.2, 0) is 10.0 Å². The van der Waals surface area contributed by atoms with Crippen LogP contribution in [0.5, 0.6) is 0 Å². The Morgan fingerprint density at radius 1 is 1.32 bits per heavy atom. The first kappa shape index (κ1) is 13.5. The zero-order valence-corrected chi connectivity index (χ0v) is 10.4. The van der Waals surface area contributed by atoms with Gasteiger partial charge in [0.1, 0.15) is 11.6 Å². The van der Waals surface area contributed by atoms with Crippen molar-refractivity contribution >= 4 is 10.0 Å². The van der Waals surface area contributed by atoms with Crippen molar-refractivity contribution in [1.82, 2.24) is 25.3 Å². The number of sulfonamides is 1. The Balaban J connectivity index is 2.33. The number of hydrogen-bond donors (Lipinski definition) is 2. The third-order valence-corrected chi connectivity index (χ3v) is 3.86. The number of nitrogens with zero attached hydrogens (tertiary/aromatic N) is 3. The highest BCUT2D eigenvalue weighted by molar-refractivity contribution is 7.89. The van der Waals surface area contributed by atoms with Crippen molar-refractivity contribution in [3.8, 4) is 0 Å². The lowest BCUT2D eigenvalue weighted by molar-refractivity contribution is 0.507. The van der Waals surface area contributed by atoms with Crippen molar-refractivity contribution in [3.63, 3.8) is 0 Å². The molecule has 1 unspecified atom stereocenters. The minimum absolute atomic E-state index is 0.0559. The molecule has 0 aliphatic rings. The summed E-state index contributed by atoms with van der Waals surface area (Å²) in [6, 6.07) is 1.90. The highest BCUT2D eigenvalue weighted by Crippen LogP contribution is 2.20. The predicted octanol–water partition coefficient (Wildman–Crippen LogP) is 0.517. The zero-order valence-electron chi connectivity index (χ0n) is 9.63. The minimum atomic E-state index is -4.37. The van der Waals surface area contributed by atoms with Crippen molar-refractivity contribution in [2.45, 2.75) is 17.9 Å². The van der Waals surface area contributed by atoms with Crippen molar-refractivity contribution < 1.29 is 17.2 Å². The van der Waals surface area contributed by atoms with E-state index in [0.29, 0.717) is 0 Å². The molecule has 1 heterocycles. The third-order valence-electron chi connectivity index (χ3n) is 2.27. The molecule has 1 aromatic heterocycles. The lowest BCUT2D eigenvalue weighted by Gasteiger charge is -2.11. The SMILES string of the molecule is CC(NS(=O)(=O)c1c(F)cccc1F)c1nn[nH]n1. The summed E-state index contributed by atoms with van der Waals surface area (Å²) in [7, 11) is -4.37. The molecule has 0 spiro atoms. The highest BCUT2D eigenvalue weighted by Gasteiger charge is 2.27. The Morgan fingerprint density at radius 2 is 1.95 bits per heavy atom. The molecule has 0 aliphatic heterocycles. The second-order valence-corrected chi connectivity index (χ2v) is 5.31. The number of aromatic amines is 1. The van der Waals surface area contributed by atoms with E-state index in [1.807, 2.05) is 0 Å². The second-order valence-electron chi connectivity index (χ2n) is 3.66. The largest absolute Gasteiger partial charge is 0.247 e. The molecule has 0 fully saturated rings. The predicted molar refractivity (Wildman–Crippen MR) is 59.3 cm³/mol. The van der Waals surface area contributed by atoms with Gasteiger partial charge in [-0.25, -0.2) is 21.9 Å². The van der Waals surface area contributed by atoms with E-state index in [4.69, 9.17) is 0 Å². The maximum Gasteiger partial charge on any atom is 0.247 e. The van der Waals surface area contributed by atoms with Crippen molar-refractivity contribution in [2.24, 2.45) is 0 Å². The smallest absolute Gasteiger partial charge is 0.207 e. The summed E-state index contributed by atoms with van der Waals surface area (Å²) >= 11 is 0. The molecule has 0 saturated heterocycles. The molecule has 102 valence electrons. The van der Waals surface area contributed by atoms with Crippen LogP contribution in [0.25, 0.3) is 0 Å². The van der Waals surface area contributed by atoms with Crippen LogP contribution in [0.1, 0.15) is 18.8 Å². The number of tetrazole rings is 1. The summed E-state index contributed by atoms with van der Waals surface area (Å²) in [6.45, 7) is 1.42. The molecule has 1 atom stereocenters. The van der Waals surface area contributed by atoms with Crippen molar-refractivity contribution in [3.05, 3.63) is 35.7 Å². The van der Waals surface area contributed by atoms with E-state index in [9.17, 15) is 17.2 Å². The van der Waals surface area contributed by atoms with E-state index in [-0.39, 0.29) is 5.82 Å². The number of nitrogens with one attached hydrogen (secondary N) is 2. The van der Waals surface area contributed by atoms with Gasteiger partial charge in [0.2, 0.25) is 10.0 Å². The van der Waals surface area contributed by atoms with E-state index in [1.165, 1.54) is 6.92 Å². The number of aromatic nitrogens is 4.